The molecule has 5 heteroatoms. The molecule has 0 radical (unpaired) electrons. The summed E-state index contributed by atoms with van der Waals surface area (Å²) in [6, 6.07) is 0. The third-order valence-corrected chi connectivity index (χ3v) is 1.62. The number of hydrogen-bond donors (Lipinski definition) is 1. The molecule has 0 heterocycles. The Morgan fingerprint density at radius 1 is 1.20 bits per heavy atom. The van der Waals surface area contributed by atoms with Crippen LogP contribution in [-0.2, 0) is 19.1 Å². The number of amides is 1. The van der Waals surface area contributed by atoms with Crippen molar-refractivity contribution >= 4 is 11.9 Å². The zero-order valence-electron chi connectivity index (χ0n) is 9.38. The Hall–Kier alpha value is -1.10. The highest BCUT2D eigenvalue weighted by molar-refractivity contribution is 5.77. The van der Waals surface area contributed by atoms with E-state index in [2.05, 4.69) is 5.32 Å². The summed E-state index contributed by atoms with van der Waals surface area (Å²) < 4.78 is 9.65. The molecule has 0 fully saturated rings. The van der Waals surface area contributed by atoms with Crippen molar-refractivity contribution in [3.63, 3.8) is 0 Å². The number of carbonyl (C=O) groups excluding carboxylic acids is 2. The fourth-order valence-electron chi connectivity index (χ4n) is 0.939. The number of carbonyl (C=O) groups is 2. The zero-order chi connectivity index (χ0) is 11.5. The second-order valence-electron chi connectivity index (χ2n) is 2.90. The summed E-state index contributed by atoms with van der Waals surface area (Å²) in [5, 5.41) is 2.64. The van der Waals surface area contributed by atoms with Gasteiger partial charge in [-0.3, -0.25) is 9.59 Å². The largest absolute Gasteiger partial charge is 0.466 e. The van der Waals surface area contributed by atoms with Gasteiger partial charge >= 0.3 is 5.97 Å². The van der Waals surface area contributed by atoms with E-state index in [1.54, 1.807) is 6.92 Å². The van der Waals surface area contributed by atoms with Gasteiger partial charge in [0.1, 0.15) is 6.61 Å². The Morgan fingerprint density at radius 3 is 2.53 bits per heavy atom. The predicted molar refractivity (Wildman–Crippen MR) is 55.4 cm³/mol. The maximum atomic E-state index is 11.0. The molecule has 0 aromatic rings. The summed E-state index contributed by atoms with van der Waals surface area (Å²) in [7, 11) is 0. The zero-order valence-corrected chi connectivity index (χ0v) is 9.38. The average Bonchev–Trinajstić information content (AvgIpc) is 2.22. The lowest BCUT2D eigenvalue weighted by Crippen LogP contribution is -2.28. The molecule has 0 bridgehead atoms. The first-order chi connectivity index (χ1) is 7.20. The van der Waals surface area contributed by atoms with Crippen LogP contribution in [0.25, 0.3) is 0 Å². The van der Waals surface area contributed by atoms with E-state index in [1.165, 1.54) is 0 Å². The van der Waals surface area contributed by atoms with E-state index in [0.717, 1.165) is 0 Å². The molecule has 1 amide bonds. The minimum atomic E-state index is -0.225. The molecule has 0 aromatic carbocycles. The van der Waals surface area contributed by atoms with E-state index < -0.39 is 0 Å². The topological polar surface area (TPSA) is 64.6 Å². The van der Waals surface area contributed by atoms with Crippen LogP contribution in [0.3, 0.4) is 0 Å². The van der Waals surface area contributed by atoms with Crippen LogP contribution < -0.4 is 5.32 Å². The molecule has 1 N–H and O–H groups in total. The van der Waals surface area contributed by atoms with Crippen molar-refractivity contribution in [3.8, 4) is 0 Å². The van der Waals surface area contributed by atoms with E-state index in [0.29, 0.717) is 32.6 Å². The Morgan fingerprint density at radius 2 is 1.93 bits per heavy atom. The van der Waals surface area contributed by atoms with Crippen molar-refractivity contribution in [1.82, 2.24) is 5.32 Å². The lowest BCUT2D eigenvalue weighted by Gasteiger charge is -2.04. The monoisotopic (exact) mass is 217 g/mol. The Bertz CT molecular complexity index is 194. The van der Waals surface area contributed by atoms with E-state index in [4.69, 9.17) is 9.47 Å². The SMILES string of the molecule is CCOCC(=O)NCCCC(=O)OCC. The highest BCUT2D eigenvalue weighted by Gasteiger charge is 2.02. The lowest BCUT2D eigenvalue weighted by atomic mass is 10.3. The van der Waals surface area contributed by atoms with Crippen LogP contribution in [0.4, 0.5) is 0 Å². The van der Waals surface area contributed by atoms with Crippen LogP contribution in [0.15, 0.2) is 0 Å². The first-order valence-corrected chi connectivity index (χ1v) is 5.20. The van der Waals surface area contributed by atoms with Crippen molar-refractivity contribution in [3.05, 3.63) is 0 Å². The summed E-state index contributed by atoms with van der Waals surface area (Å²) in [6.45, 7) is 5.07. The van der Waals surface area contributed by atoms with Gasteiger partial charge in [0.05, 0.1) is 6.61 Å². The van der Waals surface area contributed by atoms with Gasteiger partial charge in [-0.05, 0) is 20.3 Å². The quantitative estimate of drug-likeness (QED) is 0.474. The third kappa shape index (κ3) is 9.21. The molecular weight excluding hydrogens is 198 g/mol. The fourth-order valence-corrected chi connectivity index (χ4v) is 0.939. The second kappa shape index (κ2) is 9.45. The summed E-state index contributed by atoms with van der Waals surface area (Å²) in [4.78, 5) is 21.9. The van der Waals surface area contributed by atoms with Crippen molar-refractivity contribution in [1.29, 1.82) is 0 Å². The highest BCUT2D eigenvalue weighted by Crippen LogP contribution is 1.91. The number of hydrogen-bond acceptors (Lipinski definition) is 4. The first kappa shape index (κ1) is 13.9. The molecule has 0 aliphatic heterocycles. The van der Waals surface area contributed by atoms with Gasteiger partial charge < -0.3 is 14.8 Å². The Labute approximate surface area is 90.1 Å². The van der Waals surface area contributed by atoms with Gasteiger partial charge in [0.2, 0.25) is 5.91 Å². The molecule has 88 valence electrons. The molecule has 5 nitrogen and oxygen atoms in total. The van der Waals surface area contributed by atoms with Crippen LogP contribution in [-0.4, -0.2) is 38.2 Å². The molecule has 15 heavy (non-hydrogen) atoms. The number of ether oxygens (including phenoxy) is 2. The smallest absolute Gasteiger partial charge is 0.305 e. The maximum Gasteiger partial charge on any atom is 0.305 e. The van der Waals surface area contributed by atoms with Gasteiger partial charge in [-0.25, -0.2) is 0 Å². The fraction of sp³-hybridized carbons (Fsp3) is 0.800. The minimum Gasteiger partial charge on any atom is -0.466 e. The van der Waals surface area contributed by atoms with E-state index in [1.807, 2.05) is 6.92 Å². The summed E-state index contributed by atoms with van der Waals surface area (Å²) in [5.41, 5.74) is 0. The van der Waals surface area contributed by atoms with Crippen LogP contribution in [0.2, 0.25) is 0 Å². The molecule has 0 aliphatic carbocycles. The molecule has 0 unspecified atom stereocenters. The predicted octanol–water partition coefficient (Wildman–Crippen LogP) is 0.482. The van der Waals surface area contributed by atoms with Gasteiger partial charge in [0.15, 0.2) is 0 Å². The Kier molecular flexibility index (Phi) is 8.76. The molecule has 0 aliphatic rings. The summed E-state index contributed by atoms with van der Waals surface area (Å²) in [6.07, 6.45) is 0.930. The van der Waals surface area contributed by atoms with Crippen LogP contribution in [0.1, 0.15) is 26.7 Å². The van der Waals surface area contributed by atoms with Crippen LogP contribution >= 0.6 is 0 Å². The van der Waals surface area contributed by atoms with E-state index in [9.17, 15) is 9.59 Å². The van der Waals surface area contributed by atoms with Gasteiger partial charge in [-0.2, -0.15) is 0 Å². The maximum absolute atomic E-state index is 11.0. The minimum absolute atomic E-state index is 0.0793. The first-order valence-electron chi connectivity index (χ1n) is 5.20. The number of esters is 1. The van der Waals surface area contributed by atoms with E-state index in [-0.39, 0.29) is 18.5 Å². The lowest BCUT2D eigenvalue weighted by molar-refractivity contribution is -0.143. The normalized spacial score (nSPS) is 9.73. The van der Waals surface area contributed by atoms with Gasteiger partial charge in [0, 0.05) is 19.6 Å². The van der Waals surface area contributed by atoms with Gasteiger partial charge in [0.25, 0.3) is 0 Å². The van der Waals surface area contributed by atoms with Gasteiger partial charge in [-0.1, -0.05) is 0 Å². The van der Waals surface area contributed by atoms with Crippen molar-refractivity contribution in [2.45, 2.75) is 26.7 Å². The van der Waals surface area contributed by atoms with Crippen LogP contribution in [0, 0.1) is 0 Å². The highest BCUT2D eigenvalue weighted by atomic mass is 16.5. The summed E-state index contributed by atoms with van der Waals surface area (Å²) in [5.74, 6) is -0.378. The molecule has 0 atom stereocenters. The van der Waals surface area contributed by atoms with Crippen molar-refractivity contribution in [2.75, 3.05) is 26.4 Å². The van der Waals surface area contributed by atoms with Crippen molar-refractivity contribution in [2.24, 2.45) is 0 Å². The molecule has 0 saturated carbocycles. The standard InChI is InChI=1S/C10H19NO4/c1-3-14-8-9(12)11-7-5-6-10(13)15-4-2/h3-8H2,1-2H3,(H,11,12). The second-order valence-corrected chi connectivity index (χ2v) is 2.90. The molecule has 0 saturated heterocycles. The molecule has 0 aromatic heterocycles. The van der Waals surface area contributed by atoms with Crippen molar-refractivity contribution < 1.29 is 19.1 Å². The molecular formula is C10H19NO4. The van der Waals surface area contributed by atoms with E-state index >= 15 is 0 Å². The number of nitrogens with one attached hydrogen (secondary N) is 1. The van der Waals surface area contributed by atoms with Gasteiger partial charge in [-0.15, -0.1) is 0 Å². The summed E-state index contributed by atoms with van der Waals surface area (Å²) >= 11 is 0. The molecule has 0 rings (SSSR count). The third-order valence-electron chi connectivity index (χ3n) is 1.62. The number of rotatable bonds is 8. The Balaban J connectivity index is 3.30. The van der Waals surface area contributed by atoms with Crippen LogP contribution in [0.5, 0.6) is 0 Å². The molecule has 0 spiro atoms. The average molecular weight is 217 g/mol.